The van der Waals surface area contributed by atoms with E-state index in [9.17, 15) is 4.79 Å². The minimum absolute atomic E-state index is 0.0642. The normalized spacial score (nSPS) is 10.7. The van der Waals surface area contributed by atoms with E-state index in [0.29, 0.717) is 31.2 Å². The fourth-order valence-corrected chi connectivity index (χ4v) is 2.63. The number of aromatic nitrogens is 3. The lowest BCUT2D eigenvalue weighted by Crippen LogP contribution is -2.29. The van der Waals surface area contributed by atoms with Gasteiger partial charge in [-0.2, -0.15) is 0 Å². The lowest BCUT2D eigenvalue weighted by atomic mass is 10.1. The Hall–Kier alpha value is -3.02. The lowest BCUT2D eigenvalue weighted by Gasteiger charge is -2.16. The molecule has 0 aliphatic heterocycles. The monoisotopic (exact) mass is 350 g/mol. The molecule has 26 heavy (non-hydrogen) atoms. The molecule has 3 aromatic rings. The van der Waals surface area contributed by atoms with Gasteiger partial charge in [0.2, 0.25) is 17.7 Å². The van der Waals surface area contributed by atoms with E-state index in [4.69, 9.17) is 4.42 Å². The van der Waals surface area contributed by atoms with Crippen molar-refractivity contribution in [2.24, 2.45) is 0 Å². The van der Waals surface area contributed by atoms with Gasteiger partial charge in [-0.1, -0.05) is 17.7 Å². The van der Waals surface area contributed by atoms with E-state index in [2.05, 4.69) is 15.2 Å². The van der Waals surface area contributed by atoms with E-state index >= 15 is 0 Å². The Morgan fingerprint density at radius 3 is 2.69 bits per heavy atom. The largest absolute Gasteiger partial charge is 0.421 e. The third-order valence-corrected chi connectivity index (χ3v) is 4.20. The molecule has 0 N–H and O–H groups in total. The standard InChI is InChI=1S/C20H22N4O2/c1-15-4-3-5-17(14-15)20-23-22-18(26-20)6-7-19(25)24(2)13-10-16-8-11-21-12-9-16/h3-5,8-9,11-12,14H,6-7,10,13H2,1-2H3. The van der Waals surface area contributed by atoms with Crippen LogP contribution in [0.3, 0.4) is 0 Å². The SMILES string of the molecule is Cc1cccc(-c2nnc(CCC(=O)N(C)CCc3ccncc3)o2)c1. The number of carbonyl (C=O) groups is 1. The highest BCUT2D eigenvalue weighted by Crippen LogP contribution is 2.19. The predicted octanol–water partition coefficient (Wildman–Crippen LogP) is 3.07. The van der Waals surface area contributed by atoms with Gasteiger partial charge >= 0.3 is 0 Å². The van der Waals surface area contributed by atoms with Crippen LogP contribution in [0.15, 0.2) is 53.2 Å². The van der Waals surface area contributed by atoms with Crippen LogP contribution in [0.4, 0.5) is 0 Å². The number of aryl methyl sites for hydroxylation is 2. The number of rotatable bonds is 7. The fourth-order valence-electron chi connectivity index (χ4n) is 2.63. The molecule has 1 amide bonds. The highest BCUT2D eigenvalue weighted by atomic mass is 16.4. The smallest absolute Gasteiger partial charge is 0.247 e. The van der Waals surface area contributed by atoms with Gasteiger partial charge in [0.05, 0.1) is 0 Å². The van der Waals surface area contributed by atoms with E-state index in [1.165, 1.54) is 5.56 Å². The Morgan fingerprint density at radius 2 is 1.92 bits per heavy atom. The van der Waals surface area contributed by atoms with Crippen molar-refractivity contribution < 1.29 is 9.21 Å². The van der Waals surface area contributed by atoms with Gasteiger partial charge in [0.15, 0.2) is 0 Å². The number of carbonyl (C=O) groups excluding carboxylic acids is 1. The molecule has 0 aliphatic carbocycles. The van der Waals surface area contributed by atoms with Crippen LogP contribution in [0.1, 0.15) is 23.4 Å². The Balaban J connectivity index is 1.50. The maximum absolute atomic E-state index is 12.3. The van der Waals surface area contributed by atoms with Crippen LogP contribution in [-0.4, -0.2) is 39.6 Å². The molecule has 6 heteroatoms. The van der Waals surface area contributed by atoms with Gasteiger partial charge in [-0.25, -0.2) is 0 Å². The molecule has 0 saturated carbocycles. The van der Waals surface area contributed by atoms with Gasteiger partial charge in [-0.05, 0) is 43.2 Å². The van der Waals surface area contributed by atoms with Crippen molar-refractivity contribution in [1.82, 2.24) is 20.1 Å². The van der Waals surface area contributed by atoms with E-state index in [0.717, 1.165) is 17.5 Å². The maximum atomic E-state index is 12.3. The molecule has 2 heterocycles. The molecule has 0 atom stereocenters. The van der Waals surface area contributed by atoms with Crippen molar-refractivity contribution >= 4 is 5.91 Å². The third-order valence-electron chi connectivity index (χ3n) is 4.20. The van der Waals surface area contributed by atoms with Crippen molar-refractivity contribution in [3.8, 4) is 11.5 Å². The average Bonchev–Trinajstić information content (AvgIpc) is 3.14. The number of amides is 1. The van der Waals surface area contributed by atoms with E-state index in [1.54, 1.807) is 17.3 Å². The first-order valence-electron chi connectivity index (χ1n) is 8.64. The topological polar surface area (TPSA) is 72.1 Å². The van der Waals surface area contributed by atoms with Crippen molar-refractivity contribution in [2.75, 3.05) is 13.6 Å². The molecular weight excluding hydrogens is 328 g/mol. The molecule has 0 saturated heterocycles. The second-order valence-electron chi connectivity index (χ2n) is 6.29. The molecule has 3 rings (SSSR count). The van der Waals surface area contributed by atoms with Crippen molar-refractivity contribution in [3.05, 3.63) is 65.8 Å². The van der Waals surface area contributed by atoms with Gasteiger partial charge in [0.1, 0.15) is 0 Å². The summed E-state index contributed by atoms with van der Waals surface area (Å²) in [5.74, 6) is 1.04. The van der Waals surface area contributed by atoms with Crippen LogP contribution in [0.5, 0.6) is 0 Å². The van der Waals surface area contributed by atoms with Crippen LogP contribution in [-0.2, 0) is 17.6 Å². The Kier molecular flexibility index (Phi) is 5.73. The van der Waals surface area contributed by atoms with Gasteiger partial charge in [-0.3, -0.25) is 9.78 Å². The zero-order valence-electron chi connectivity index (χ0n) is 15.1. The van der Waals surface area contributed by atoms with E-state index < -0.39 is 0 Å². The Morgan fingerprint density at radius 1 is 1.12 bits per heavy atom. The molecule has 0 radical (unpaired) electrons. The number of hydrogen-bond acceptors (Lipinski definition) is 5. The molecule has 0 fully saturated rings. The molecule has 134 valence electrons. The fraction of sp³-hybridized carbons (Fsp3) is 0.300. The number of nitrogens with zero attached hydrogens (tertiary/aromatic N) is 4. The van der Waals surface area contributed by atoms with Gasteiger partial charge in [-0.15, -0.1) is 10.2 Å². The molecule has 0 unspecified atom stereocenters. The van der Waals surface area contributed by atoms with E-state index in [1.807, 2.05) is 50.4 Å². The Labute approximate surface area is 152 Å². The zero-order chi connectivity index (χ0) is 18.4. The number of pyridine rings is 1. The highest BCUT2D eigenvalue weighted by Gasteiger charge is 2.13. The van der Waals surface area contributed by atoms with Crippen LogP contribution < -0.4 is 0 Å². The first-order chi connectivity index (χ1) is 12.6. The molecule has 6 nitrogen and oxygen atoms in total. The molecule has 0 bridgehead atoms. The average molecular weight is 350 g/mol. The second kappa shape index (κ2) is 8.38. The summed E-state index contributed by atoms with van der Waals surface area (Å²) in [5, 5.41) is 8.13. The van der Waals surface area contributed by atoms with Crippen LogP contribution in [0, 0.1) is 6.92 Å². The van der Waals surface area contributed by atoms with Crippen molar-refractivity contribution in [2.45, 2.75) is 26.2 Å². The predicted molar refractivity (Wildman–Crippen MR) is 98.4 cm³/mol. The van der Waals surface area contributed by atoms with Gasteiger partial charge in [0, 0.05) is 44.4 Å². The summed E-state index contributed by atoms with van der Waals surface area (Å²) in [6.45, 7) is 2.68. The first kappa shape index (κ1) is 17.8. The van der Waals surface area contributed by atoms with Crippen LogP contribution >= 0.6 is 0 Å². The number of hydrogen-bond donors (Lipinski definition) is 0. The molecule has 0 spiro atoms. The van der Waals surface area contributed by atoms with Crippen LogP contribution in [0.25, 0.3) is 11.5 Å². The first-order valence-corrected chi connectivity index (χ1v) is 8.64. The number of benzene rings is 1. The molecular formula is C20H22N4O2. The second-order valence-corrected chi connectivity index (χ2v) is 6.29. The Bertz CT molecular complexity index is 861. The summed E-state index contributed by atoms with van der Waals surface area (Å²) >= 11 is 0. The molecule has 0 aliphatic rings. The van der Waals surface area contributed by atoms with E-state index in [-0.39, 0.29) is 5.91 Å². The number of likely N-dealkylation sites (N-methyl/N-ethyl adjacent to an activating group) is 1. The van der Waals surface area contributed by atoms with Gasteiger partial charge < -0.3 is 9.32 Å². The third kappa shape index (κ3) is 4.75. The zero-order valence-corrected chi connectivity index (χ0v) is 15.1. The van der Waals surface area contributed by atoms with Crippen LogP contribution in [0.2, 0.25) is 0 Å². The lowest BCUT2D eigenvalue weighted by molar-refractivity contribution is -0.129. The highest BCUT2D eigenvalue weighted by molar-refractivity contribution is 5.76. The summed E-state index contributed by atoms with van der Waals surface area (Å²) in [7, 11) is 1.81. The molecule has 2 aromatic heterocycles. The van der Waals surface area contributed by atoms with Crippen molar-refractivity contribution in [1.29, 1.82) is 0 Å². The summed E-state index contributed by atoms with van der Waals surface area (Å²) in [4.78, 5) is 18.0. The summed E-state index contributed by atoms with van der Waals surface area (Å²) < 4.78 is 5.68. The maximum Gasteiger partial charge on any atom is 0.247 e. The summed E-state index contributed by atoms with van der Waals surface area (Å²) in [6.07, 6.45) is 5.12. The minimum Gasteiger partial charge on any atom is -0.421 e. The summed E-state index contributed by atoms with van der Waals surface area (Å²) in [5.41, 5.74) is 3.19. The minimum atomic E-state index is 0.0642. The molecule has 1 aromatic carbocycles. The van der Waals surface area contributed by atoms with Crippen molar-refractivity contribution in [3.63, 3.8) is 0 Å². The summed E-state index contributed by atoms with van der Waals surface area (Å²) in [6, 6.07) is 11.8. The quantitative estimate of drug-likeness (QED) is 0.655. The van der Waals surface area contributed by atoms with Gasteiger partial charge in [0.25, 0.3) is 0 Å².